The number of aromatic nitrogens is 3. The highest BCUT2D eigenvalue weighted by atomic mass is 32.1. The van der Waals surface area contributed by atoms with Gasteiger partial charge in [0.05, 0.1) is 31.9 Å². The Morgan fingerprint density at radius 1 is 1.03 bits per heavy atom. The van der Waals surface area contributed by atoms with Gasteiger partial charge in [-0.1, -0.05) is 6.07 Å². The number of rotatable bonds is 7. The SMILES string of the molecule is COc1cc(NC(=O)c2nc(-c3cccs3)n(-c3ccc(F)cc3)n2)cc(OC)c1OC. The predicted molar refractivity (Wildman–Crippen MR) is 119 cm³/mol. The number of carbonyl (C=O) groups excluding carboxylic acids is 1. The van der Waals surface area contributed by atoms with Crippen LogP contribution in [0.1, 0.15) is 10.6 Å². The minimum atomic E-state index is -0.530. The highest BCUT2D eigenvalue weighted by molar-refractivity contribution is 7.13. The van der Waals surface area contributed by atoms with E-state index in [1.54, 1.807) is 24.3 Å². The third-order valence-corrected chi connectivity index (χ3v) is 5.41. The smallest absolute Gasteiger partial charge is 0.295 e. The van der Waals surface area contributed by atoms with Gasteiger partial charge < -0.3 is 19.5 Å². The first kappa shape index (κ1) is 21.3. The van der Waals surface area contributed by atoms with E-state index in [-0.39, 0.29) is 11.6 Å². The van der Waals surface area contributed by atoms with Crippen molar-refractivity contribution in [1.29, 1.82) is 0 Å². The number of hydrogen-bond acceptors (Lipinski definition) is 7. The van der Waals surface area contributed by atoms with Gasteiger partial charge in [-0.3, -0.25) is 4.79 Å². The normalized spacial score (nSPS) is 10.6. The molecule has 0 aliphatic carbocycles. The lowest BCUT2D eigenvalue weighted by atomic mass is 10.2. The summed E-state index contributed by atoms with van der Waals surface area (Å²) in [6, 6.07) is 12.8. The molecule has 0 saturated carbocycles. The number of methoxy groups -OCH3 is 3. The first-order valence-electron chi connectivity index (χ1n) is 9.42. The average Bonchev–Trinajstić information content (AvgIpc) is 3.49. The fraction of sp³-hybridized carbons (Fsp3) is 0.136. The van der Waals surface area contributed by atoms with Crippen LogP contribution in [0.2, 0.25) is 0 Å². The van der Waals surface area contributed by atoms with Crippen LogP contribution in [-0.4, -0.2) is 42.0 Å². The minimum absolute atomic E-state index is 0.0496. The van der Waals surface area contributed by atoms with Crippen LogP contribution in [0.15, 0.2) is 53.9 Å². The standard InChI is InChI=1S/C22H19FN4O4S/c1-29-16-11-14(12-17(30-2)19(16)31-3)24-22(28)20-25-21(18-5-4-10-32-18)27(26-20)15-8-6-13(23)7-9-15/h4-12H,1-3H3,(H,24,28). The van der Waals surface area contributed by atoms with Gasteiger partial charge in [-0.15, -0.1) is 16.4 Å². The number of benzene rings is 2. The Kier molecular flexibility index (Phi) is 6.04. The van der Waals surface area contributed by atoms with E-state index in [0.717, 1.165) is 4.88 Å². The second-order valence-corrected chi connectivity index (χ2v) is 7.44. The third-order valence-electron chi connectivity index (χ3n) is 4.55. The molecule has 0 fully saturated rings. The Morgan fingerprint density at radius 3 is 2.28 bits per heavy atom. The van der Waals surface area contributed by atoms with Crippen LogP contribution in [0, 0.1) is 5.82 Å². The van der Waals surface area contributed by atoms with Gasteiger partial charge in [0.25, 0.3) is 5.91 Å². The fourth-order valence-corrected chi connectivity index (χ4v) is 3.77. The average molecular weight is 454 g/mol. The molecular formula is C22H19FN4O4S. The van der Waals surface area contributed by atoms with Crippen LogP contribution < -0.4 is 19.5 Å². The molecule has 0 atom stereocenters. The predicted octanol–water partition coefficient (Wildman–Crippen LogP) is 4.41. The molecule has 0 radical (unpaired) electrons. The topological polar surface area (TPSA) is 87.5 Å². The highest BCUT2D eigenvalue weighted by Gasteiger charge is 2.21. The van der Waals surface area contributed by atoms with Crippen molar-refractivity contribution in [3.05, 3.63) is 65.6 Å². The Hall–Kier alpha value is -3.92. The fourth-order valence-electron chi connectivity index (χ4n) is 3.08. The quantitative estimate of drug-likeness (QED) is 0.445. The third kappa shape index (κ3) is 4.12. The zero-order valence-corrected chi connectivity index (χ0v) is 18.3. The second-order valence-electron chi connectivity index (χ2n) is 6.49. The molecule has 1 amide bonds. The van der Waals surface area contributed by atoms with Crippen molar-refractivity contribution >= 4 is 22.9 Å². The molecule has 8 nitrogen and oxygen atoms in total. The molecule has 2 aromatic heterocycles. The van der Waals surface area contributed by atoms with Gasteiger partial charge in [0.15, 0.2) is 17.3 Å². The lowest BCUT2D eigenvalue weighted by Gasteiger charge is -2.14. The number of carbonyl (C=O) groups is 1. The lowest BCUT2D eigenvalue weighted by Crippen LogP contribution is -2.14. The van der Waals surface area contributed by atoms with Crippen LogP contribution in [0.3, 0.4) is 0 Å². The number of anilines is 1. The van der Waals surface area contributed by atoms with Crippen molar-refractivity contribution in [2.75, 3.05) is 26.6 Å². The summed E-state index contributed by atoms with van der Waals surface area (Å²) in [4.78, 5) is 18.2. The summed E-state index contributed by atoms with van der Waals surface area (Å²) in [5.74, 6) is 0.724. The van der Waals surface area contributed by atoms with Crippen LogP contribution in [0.4, 0.5) is 10.1 Å². The summed E-state index contributed by atoms with van der Waals surface area (Å²) in [5.41, 5.74) is 0.995. The van der Waals surface area contributed by atoms with E-state index in [1.807, 2.05) is 17.5 Å². The van der Waals surface area contributed by atoms with E-state index < -0.39 is 5.91 Å². The molecule has 0 spiro atoms. The maximum Gasteiger partial charge on any atom is 0.295 e. The Morgan fingerprint density at radius 2 is 1.72 bits per heavy atom. The molecule has 4 aromatic rings. The molecule has 0 aliphatic heterocycles. The van der Waals surface area contributed by atoms with Gasteiger partial charge in [-0.25, -0.2) is 14.1 Å². The zero-order valence-electron chi connectivity index (χ0n) is 17.5. The van der Waals surface area contributed by atoms with E-state index in [0.29, 0.717) is 34.4 Å². The summed E-state index contributed by atoms with van der Waals surface area (Å²) in [7, 11) is 4.47. The van der Waals surface area contributed by atoms with Gasteiger partial charge in [0.2, 0.25) is 11.6 Å². The molecule has 2 heterocycles. The summed E-state index contributed by atoms with van der Waals surface area (Å²) >= 11 is 1.45. The van der Waals surface area contributed by atoms with Crippen molar-refractivity contribution in [2.24, 2.45) is 0 Å². The van der Waals surface area contributed by atoms with Gasteiger partial charge in [0, 0.05) is 17.8 Å². The number of nitrogens with zero attached hydrogens (tertiary/aromatic N) is 3. The van der Waals surface area contributed by atoms with E-state index >= 15 is 0 Å². The summed E-state index contributed by atoms with van der Waals surface area (Å²) < 4.78 is 30.9. The highest BCUT2D eigenvalue weighted by Crippen LogP contribution is 2.40. The molecule has 4 rings (SSSR count). The lowest BCUT2D eigenvalue weighted by molar-refractivity contribution is 0.101. The Labute approximate surface area is 187 Å². The molecule has 0 bridgehead atoms. The van der Waals surface area contributed by atoms with E-state index in [4.69, 9.17) is 14.2 Å². The van der Waals surface area contributed by atoms with Crippen molar-refractivity contribution in [2.45, 2.75) is 0 Å². The van der Waals surface area contributed by atoms with Gasteiger partial charge in [-0.05, 0) is 35.7 Å². The van der Waals surface area contributed by atoms with Crippen LogP contribution >= 0.6 is 11.3 Å². The molecule has 32 heavy (non-hydrogen) atoms. The summed E-state index contributed by atoms with van der Waals surface area (Å²) in [5, 5.41) is 9.03. The van der Waals surface area contributed by atoms with Crippen molar-refractivity contribution < 1.29 is 23.4 Å². The maximum atomic E-state index is 13.4. The van der Waals surface area contributed by atoms with Crippen LogP contribution in [0.5, 0.6) is 17.2 Å². The van der Waals surface area contributed by atoms with Crippen LogP contribution in [-0.2, 0) is 0 Å². The van der Waals surface area contributed by atoms with Crippen molar-refractivity contribution in [3.8, 4) is 33.6 Å². The van der Waals surface area contributed by atoms with Gasteiger partial charge in [-0.2, -0.15) is 0 Å². The molecule has 0 aliphatic rings. The maximum absolute atomic E-state index is 13.4. The molecule has 164 valence electrons. The molecule has 0 saturated heterocycles. The number of amides is 1. The van der Waals surface area contributed by atoms with E-state index in [9.17, 15) is 9.18 Å². The monoisotopic (exact) mass is 454 g/mol. The van der Waals surface area contributed by atoms with Gasteiger partial charge in [0.1, 0.15) is 5.82 Å². The minimum Gasteiger partial charge on any atom is -0.493 e. The Balaban J connectivity index is 1.70. The first-order valence-corrected chi connectivity index (χ1v) is 10.3. The van der Waals surface area contributed by atoms with E-state index in [1.165, 1.54) is 49.5 Å². The van der Waals surface area contributed by atoms with Crippen LogP contribution in [0.25, 0.3) is 16.4 Å². The largest absolute Gasteiger partial charge is 0.493 e. The summed E-state index contributed by atoms with van der Waals surface area (Å²) in [6.45, 7) is 0. The molecular weight excluding hydrogens is 435 g/mol. The molecule has 1 N–H and O–H groups in total. The number of hydrogen-bond donors (Lipinski definition) is 1. The zero-order chi connectivity index (χ0) is 22.7. The Bertz CT molecular complexity index is 1210. The first-order chi connectivity index (χ1) is 15.5. The number of halogens is 1. The molecule has 10 heteroatoms. The number of ether oxygens (including phenoxy) is 3. The van der Waals surface area contributed by atoms with Gasteiger partial charge >= 0.3 is 0 Å². The second kappa shape index (κ2) is 9.06. The number of nitrogens with one attached hydrogen (secondary N) is 1. The van der Waals surface area contributed by atoms with Crippen molar-refractivity contribution in [3.63, 3.8) is 0 Å². The van der Waals surface area contributed by atoms with Crippen molar-refractivity contribution in [1.82, 2.24) is 14.8 Å². The summed E-state index contributed by atoms with van der Waals surface area (Å²) in [6.07, 6.45) is 0. The van der Waals surface area contributed by atoms with E-state index in [2.05, 4.69) is 15.4 Å². The molecule has 0 unspecified atom stereocenters. The molecule has 2 aromatic carbocycles. The number of thiophene rings is 1.